The number of fused-ring (bicyclic) bond motifs is 1. The zero-order chi connectivity index (χ0) is 14.1. The van der Waals surface area contributed by atoms with E-state index in [1.807, 2.05) is 36.4 Å². The molecule has 0 atom stereocenters. The van der Waals surface area contributed by atoms with E-state index in [-0.39, 0.29) is 5.78 Å². The molecule has 20 heavy (non-hydrogen) atoms. The highest BCUT2D eigenvalue weighted by molar-refractivity contribution is 5.97. The van der Waals surface area contributed by atoms with E-state index < -0.39 is 0 Å². The zero-order valence-corrected chi connectivity index (χ0v) is 11.3. The molecule has 0 amide bonds. The van der Waals surface area contributed by atoms with Gasteiger partial charge in [0.15, 0.2) is 11.6 Å². The Morgan fingerprint density at radius 2 is 1.90 bits per heavy atom. The predicted octanol–water partition coefficient (Wildman–Crippen LogP) is 2.96. The van der Waals surface area contributed by atoms with E-state index in [4.69, 9.17) is 4.84 Å². The van der Waals surface area contributed by atoms with Crippen LogP contribution in [0.25, 0.3) is 22.4 Å². The van der Waals surface area contributed by atoms with Gasteiger partial charge in [0, 0.05) is 11.1 Å². The van der Waals surface area contributed by atoms with Crippen LogP contribution < -0.4 is 4.84 Å². The number of rotatable bonds is 3. The lowest BCUT2D eigenvalue weighted by atomic mass is 10.1. The van der Waals surface area contributed by atoms with Gasteiger partial charge in [-0.15, -0.1) is 0 Å². The Labute approximate surface area is 116 Å². The van der Waals surface area contributed by atoms with Gasteiger partial charge in [-0.2, -0.15) is 4.73 Å². The summed E-state index contributed by atoms with van der Waals surface area (Å²) in [5.74, 6) is 0.751. The van der Waals surface area contributed by atoms with Crippen molar-refractivity contribution in [2.24, 2.45) is 0 Å². The van der Waals surface area contributed by atoms with Crippen LogP contribution in [0.3, 0.4) is 0 Å². The largest absolute Gasteiger partial charge is 0.415 e. The highest BCUT2D eigenvalue weighted by Crippen LogP contribution is 2.24. The standard InChI is InChI=1S/C16H14N2O2/c1-11(19)13-8-9-14-15(10-13)18(20-2)16(17-14)12-6-4-3-5-7-12/h3-10H,1-2H3. The topological polar surface area (TPSA) is 44.1 Å². The van der Waals surface area contributed by atoms with Gasteiger partial charge in [-0.3, -0.25) is 4.79 Å². The number of carbonyl (C=O) groups excluding carboxylic acids is 1. The normalized spacial score (nSPS) is 10.7. The summed E-state index contributed by atoms with van der Waals surface area (Å²) < 4.78 is 1.65. The minimum absolute atomic E-state index is 0.0250. The van der Waals surface area contributed by atoms with Crippen molar-refractivity contribution in [3.8, 4) is 11.4 Å². The lowest BCUT2D eigenvalue weighted by molar-refractivity contribution is 0.101. The fourth-order valence-corrected chi connectivity index (χ4v) is 2.23. The smallest absolute Gasteiger partial charge is 0.176 e. The summed E-state index contributed by atoms with van der Waals surface area (Å²) >= 11 is 0. The second kappa shape index (κ2) is 4.81. The quantitative estimate of drug-likeness (QED) is 0.684. The van der Waals surface area contributed by atoms with Crippen molar-refractivity contribution in [2.45, 2.75) is 6.92 Å². The van der Waals surface area contributed by atoms with Gasteiger partial charge in [0.25, 0.3) is 0 Å². The second-order valence-electron chi connectivity index (χ2n) is 4.54. The number of imidazole rings is 1. The molecule has 0 radical (unpaired) electrons. The van der Waals surface area contributed by atoms with Crippen molar-refractivity contribution >= 4 is 16.8 Å². The first kappa shape index (κ1) is 12.4. The summed E-state index contributed by atoms with van der Waals surface area (Å²) in [5, 5.41) is 0. The predicted molar refractivity (Wildman–Crippen MR) is 77.7 cm³/mol. The molecule has 1 heterocycles. The number of nitrogens with zero attached hydrogens (tertiary/aromatic N) is 2. The molecule has 0 spiro atoms. The van der Waals surface area contributed by atoms with Crippen LogP contribution >= 0.6 is 0 Å². The fourth-order valence-electron chi connectivity index (χ4n) is 2.23. The minimum Gasteiger partial charge on any atom is -0.415 e. The first-order valence-electron chi connectivity index (χ1n) is 6.34. The molecular weight excluding hydrogens is 252 g/mol. The molecule has 0 N–H and O–H groups in total. The lowest BCUT2D eigenvalue weighted by Crippen LogP contribution is -2.07. The molecule has 0 fully saturated rings. The average molecular weight is 266 g/mol. The Balaban J connectivity index is 2.27. The van der Waals surface area contributed by atoms with Crippen LogP contribution in [0.1, 0.15) is 17.3 Å². The van der Waals surface area contributed by atoms with Crippen LogP contribution in [0, 0.1) is 0 Å². The third kappa shape index (κ3) is 1.95. The maximum Gasteiger partial charge on any atom is 0.176 e. The van der Waals surface area contributed by atoms with Gasteiger partial charge in [-0.25, -0.2) is 4.98 Å². The van der Waals surface area contributed by atoms with Gasteiger partial charge < -0.3 is 4.84 Å². The van der Waals surface area contributed by atoms with Crippen molar-refractivity contribution < 1.29 is 9.63 Å². The zero-order valence-electron chi connectivity index (χ0n) is 11.3. The van der Waals surface area contributed by atoms with E-state index in [0.717, 1.165) is 22.4 Å². The molecule has 2 aromatic carbocycles. The van der Waals surface area contributed by atoms with E-state index in [1.54, 1.807) is 30.9 Å². The summed E-state index contributed by atoms with van der Waals surface area (Å²) in [6, 6.07) is 15.2. The molecule has 1 aromatic heterocycles. The highest BCUT2D eigenvalue weighted by Gasteiger charge is 2.14. The number of ketones is 1. The molecule has 0 aliphatic heterocycles. The molecular formula is C16H14N2O2. The van der Waals surface area contributed by atoms with Gasteiger partial charge in [0.2, 0.25) is 0 Å². The maximum atomic E-state index is 11.5. The molecule has 0 saturated heterocycles. The first-order valence-corrected chi connectivity index (χ1v) is 6.34. The molecule has 0 saturated carbocycles. The Kier molecular flexibility index (Phi) is 2.99. The number of aromatic nitrogens is 2. The average Bonchev–Trinajstić information content (AvgIpc) is 2.85. The molecule has 0 aliphatic rings. The van der Waals surface area contributed by atoms with Gasteiger partial charge >= 0.3 is 0 Å². The third-order valence-corrected chi connectivity index (χ3v) is 3.23. The Morgan fingerprint density at radius 3 is 2.55 bits per heavy atom. The second-order valence-corrected chi connectivity index (χ2v) is 4.54. The molecule has 0 bridgehead atoms. The summed E-state index contributed by atoms with van der Waals surface area (Å²) in [7, 11) is 1.59. The third-order valence-electron chi connectivity index (χ3n) is 3.23. The summed E-state index contributed by atoms with van der Waals surface area (Å²) in [4.78, 5) is 21.5. The molecule has 100 valence electrons. The number of hydrogen-bond acceptors (Lipinski definition) is 3. The van der Waals surface area contributed by atoms with Crippen molar-refractivity contribution in [3.63, 3.8) is 0 Å². The summed E-state index contributed by atoms with van der Waals surface area (Å²) in [5.41, 5.74) is 3.21. The molecule has 0 aliphatic carbocycles. The van der Waals surface area contributed by atoms with Crippen LogP contribution in [0.4, 0.5) is 0 Å². The van der Waals surface area contributed by atoms with E-state index in [0.29, 0.717) is 5.56 Å². The molecule has 4 heteroatoms. The van der Waals surface area contributed by atoms with Gasteiger partial charge in [-0.05, 0) is 25.1 Å². The highest BCUT2D eigenvalue weighted by atomic mass is 16.6. The van der Waals surface area contributed by atoms with Crippen LogP contribution in [0.2, 0.25) is 0 Å². The van der Waals surface area contributed by atoms with Crippen molar-refractivity contribution in [2.75, 3.05) is 7.11 Å². The van der Waals surface area contributed by atoms with Gasteiger partial charge in [0.05, 0.1) is 5.52 Å². The Morgan fingerprint density at radius 1 is 1.15 bits per heavy atom. The number of benzene rings is 2. The number of carbonyl (C=O) groups is 1. The van der Waals surface area contributed by atoms with Crippen LogP contribution in [0.5, 0.6) is 0 Å². The summed E-state index contributed by atoms with van der Waals surface area (Å²) in [6.07, 6.45) is 0. The Hall–Kier alpha value is -2.62. The monoisotopic (exact) mass is 266 g/mol. The molecule has 4 nitrogen and oxygen atoms in total. The van der Waals surface area contributed by atoms with Gasteiger partial charge in [-0.1, -0.05) is 30.3 Å². The van der Waals surface area contributed by atoms with E-state index >= 15 is 0 Å². The number of Topliss-reactive ketones (excluding diaryl/α,β-unsaturated/α-hetero) is 1. The fraction of sp³-hybridized carbons (Fsp3) is 0.125. The van der Waals surface area contributed by atoms with Crippen LogP contribution in [-0.4, -0.2) is 22.6 Å². The van der Waals surface area contributed by atoms with E-state index in [1.165, 1.54) is 0 Å². The van der Waals surface area contributed by atoms with Crippen molar-refractivity contribution in [3.05, 3.63) is 54.1 Å². The van der Waals surface area contributed by atoms with Crippen LogP contribution in [-0.2, 0) is 0 Å². The summed E-state index contributed by atoms with van der Waals surface area (Å²) in [6.45, 7) is 1.55. The number of hydrogen-bond donors (Lipinski definition) is 0. The van der Waals surface area contributed by atoms with Gasteiger partial charge in [0.1, 0.15) is 12.6 Å². The minimum atomic E-state index is 0.0250. The molecule has 3 rings (SSSR count). The molecule has 0 unspecified atom stereocenters. The lowest BCUT2D eigenvalue weighted by Gasteiger charge is -2.06. The maximum absolute atomic E-state index is 11.5. The molecule has 3 aromatic rings. The first-order chi connectivity index (χ1) is 9.70. The van der Waals surface area contributed by atoms with Crippen molar-refractivity contribution in [1.29, 1.82) is 0 Å². The van der Waals surface area contributed by atoms with E-state index in [2.05, 4.69) is 4.98 Å². The van der Waals surface area contributed by atoms with Crippen molar-refractivity contribution in [1.82, 2.24) is 9.71 Å². The SMILES string of the molecule is COn1c(-c2ccccc2)nc2ccc(C(C)=O)cc21. The van der Waals surface area contributed by atoms with Crippen LogP contribution in [0.15, 0.2) is 48.5 Å². The van der Waals surface area contributed by atoms with E-state index in [9.17, 15) is 4.79 Å². The Bertz CT molecular complexity index is 776.